The lowest BCUT2D eigenvalue weighted by Crippen LogP contribution is -2.62. The molecule has 4 aliphatic carbocycles. The van der Waals surface area contributed by atoms with Crippen molar-refractivity contribution >= 4 is 11.9 Å². The average molecular weight is 715 g/mol. The summed E-state index contributed by atoms with van der Waals surface area (Å²) in [5.41, 5.74) is -1.11. The molecule has 3 spiro atoms. The number of esters is 2. The normalized spacial score (nSPS) is 44.4. The fourth-order valence-electron chi connectivity index (χ4n) is 9.80. The lowest BCUT2D eigenvalue weighted by molar-refractivity contribution is -0.277. The quantitative estimate of drug-likeness (QED) is 0.117. The van der Waals surface area contributed by atoms with Crippen LogP contribution in [0.5, 0.6) is 0 Å². The Bertz CT molecular complexity index is 1500. The molecule has 0 aromatic carbocycles. The lowest BCUT2D eigenvalue weighted by Gasteiger charge is -2.61. The summed E-state index contributed by atoms with van der Waals surface area (Å²) in [5.74, 6) is -2.32. The van der Waals surface area contributed by atoms with E-state index in [0.717, 1.165) is 43.3 Å². The van der Waals surface area contributed by atoms with Crippen molar-refractivity contribution in [3.05, 3.63) is 35.5 Å². The van der Waals surface area contributed by atoms with Gasteiger partial charge in [0.25, 0.3) is 0 Å². The summed E-state index contributed by atoms with van der Waals surface area (Å²) in [6, 6.07) is 0. The zero-order valence-electron chi connectivity index (χ0n) is 31.3. The van der Waals surface area contributed by atoms with Gasteiger partial charge in [0.1, 0.15) is 30.0 Å². The largest absolute Gasteiger partial charge is 0.457 e. The van der Waals surface area contributed by atoms with Crippen molar-refractivity contribution in [1.82, 2.24) is 0 Å². The number of epoxide rings is 1. The molecule has 2 bridgehead atoms. The van der Waals surface area contributed by atoms with Crippen molar-refractivity contribution < 1.29 is 53.3 Å². The minimum Gasteiger partial charge on any atom is -0.457 e. The summed E-state index contributed by atoms with van der Waals surface area (Å²) in [4.78, 5) is 26.0. The summed E-state index contributed by atoms with van der Waals surface area (Å²) in [6.07, 6.45) is 5.83. The number of unbranched alkanes of at least 4 members (excludes halogenated alkanes) is 3. The molecule has 8 aliphatic rings. The molecule has 0 aromatic heterocycles. The molecule has 13 atom stereocenters. The van der Waals surface area contributed by atoms with E-state index in [1.807, 2.05) is 26.8 Å². The smallest absolute Gasteiger partial charge is 0.314 e. The van der Waals surface area contributed by atoms with Gasteiger partial charge in [0.05, 0.1) is 35.7 Å². The highest BCUT2D eigenvalue weighted by atomic mass is 16.8. The molecule has 0 aromatic rings. The molecule has 284 valence electrons. The first kappa shape index (κ1) is 37.2. The molecule has 3 saturated carbocycles. The minimum absolute atomic E-state index is 0.0332. The van der Waals surface area contributed by atoms with E-state index in [4.69, 9.17) is 28.4 Å². The van der Waals surface area contributed by atoms with Crippen LogP contribution in [0.3, 0.4) is 0 Å². The third-order valence-corrected chi connectivity index (χ3v) is 13.7. The number of aliphatic hydroxyl groups excluding tert-OH is 3. The number of carbonyl (C=O) groups is 2. The van der Waals surface area contributed by atoms with Crippen LogP contribution in [0.4, 0.5) is 0 Å². The lowest BCUT2D eigenvalue weighted by atomic mass is 9.43. The van der Waals surface area contributed by atoms with Gasteiger partial charge in [0, 0.05) is 24.7 Å². The van der Waals surface area contributed by atoms with Crippen LogP contribution in [0.1, 0.15) is 106 Å². The molecule has 51 heavy (non-hydrogen) atoms. The van der Waals surface area contributed by atoms with Crippen molar-refractivity contribution in [2.45, 2.75) is 166 Å². The van der Waals surface area contributed by atoms with Gasteiger partial charge in [0.15, 0.2) is 6.29 Å². The monoisotopic (exact) mass is 714 g/mol. The molecule has 3 N–H and O–H groups in total. The topological polar surface area (TPSA) is 154 Å². The van der Waals surface area contributed by atoms with E-state index in [1.54, 1.807) is 20.8 Å². The second kappa shape index (κ2) is 12.7. The van der Waals surface area contributed by atoms with Gasteiger partial charge < -0.3 is 43.7 Å². The number of allylic oxidation sites excluding steroid dienone is 1. The van der Waals surface area contributed by atoms with Crippen LogP contribution in [0.15, 0.2) is 35.5 Å². The summed E-state index contributed by atoms with van der Waals surface area (Å²) < 4.78 is 38.5. The van der Waals surface area contributed by atoms with Crippen molar-refractivity contribution in [2.24, 2.45) is 28.6 Å². The van der Waals surface area contributed by atoms with Crippen LogP contribution < -0.4 is 0 Å². The maximum Gasteiger partial charge on any atom is 0.314 e. The predicted octanol–water partition coefficient (Wildman–Crippen LogP) is 4.80. The highest BCUT2D eigenvalue weighted by Gasteiger charge is 2.75. The fourth-order valence-corrected chi connectivity index (χ4v) is 9.80. The molecule has 11 nitrogen and oxygen atoms in total. The standard InChI is InChI=1S/C40H58O11/c1-9-10-11-12-13-14-25-26(31-40(32(49-40)30(25)43)18-29(42)37(7,8)48-31)19-46-35-39(20-38(51-35)17-21(2)33(44)50-38)24-15-27(39)22(3)28(16-24)47-34(45)36(5,6)23(4)41/h13-14,21,23-24,27-32,35,41-43H,3,9-12,15-20H2,1-2,4-8H3/b14-13+/t21-,23-,24+,27-,28-,29-,30+,31-,32-,35+,38-,39-,40+/m0/s1. The van der Waals surface area contributed by atoms with Crippen LogP contribution in [0.2, 0.25) is 0 Å². The van der Waals surface area contributed by atoms with Crippen molar-refractivity contribution in [3.63, 3.8) is 0 Å². The molecular formula is C40H58O11. The first-order valence-electron chi connectivity index (χ1n) is 19.1. The second-order valence-electron chi connectivity index (χ2n) is 17.7. The van der Waals surface area contributed by atoms with Gasteiger partial charge in [-0.3, -0.25) is 9.59 Å². The Morgan fingerprint density at radius 1 is 1.14 bits per heavy atom. The highest BCUT2D eigenvalue weighted by molar-refractivity contribution is 5.77. The van der Waals surface area contributed by atoms with Gasteiger partial charge in [-0.05, 0) is 88.9 Å². The van der Waals surface area contributed by atoms with E-state index >= 15 is 0 Å². The predicted molar refractivity (Wildman–Crippen MR) is 185 cm³/mol. The Morgan fingerprint density at radius 2 is 1.88 bits per heavy atom. The van der Waals surface area contributed by atoms with E-state index in [2.05, 4.69) is 19.6 Å². The number of ether oxygens (including phenoxy) is 6. The zero-order valence-corrected chi connectivity index (χ0v) is 31.3. The van der Waals surface area contributed by atoms with Crippen molar-refractivity contribution in [3.8, 4) is 0 Å². The van der Waals surface area contributed by atoms with Crippen molar-refractivity contribution in [1.29, 1.82) is 0 Å². The van der Waals surface area contributed by atoms with Crippen LogP contribution in [-0.2, 0) is 38.0 Å². The van der Waals surface area contributed by atoms with E-state index in [0.29, 0.717) is 31.3 Å². The molecule has 4 saturated heterocycles. The van der Waals surface area contributed by atoms with Gasteiger partial charge in [-0.1, -0.05) is 45.4 Å². The molecule has 4 heterocycles. The fraction of sp³-hybridized carbons (Fsp3) is 0.800. The number of aliphatic hydroxyl groups is 3. The number of carbonyl (C=O) groups excluding carboxylic acids is 2. The third kappa shape index (κ3) is 5.79. The maximum atomic E-state index is 13.2. The number of hydrogen-bond acceptors (Lipinski definition) is 11. The third-order valence-electron chi connectivity index (χ3n) is 13.7. The molecule has 11 heteroatoms. The molecule has 8 rings (SSSR count). The summed E-state index contributed by atoms with van der Waals surface area (Å²) >= 11 is 0. The first-order valence-corrected chi connectivity index (χ1v) is 19.1. The van der Waals surface area contributed by atoms with Gasteiger partial charge in [0.2, 0.25) is 5.79 Å². The van der Waals surface area contributed by atoms with Crippen molar-refractivity contribution in [2.75, 3.05) is 6.61 Å². The van der Waals surface area contributed by atoms with E-state index in [9.17, 15) is 24.9 Å². The Balaban J connectivity index is 1.19. The minimum atomic E-state index is -1.14. The van der Waals surface area contributed by atoms with Crippen LogP contribution >= 0.6 is 0 Å². The molecule has 0 amide bonds. The van der Waals surface area contributed by atoms with Crippen LogP contribution in [0, 0.1) is 28.6 Å². The molecule has 7 fully saturated rings. The molecule has 0 radical (unpaired) electrons. The Morgan fingerprint density at radius 3 is 2.53 bits per heavy atom. The van der Waals surface area contributed by atoms with E-state index in [1.165, 1.54) is 0 Å². The average Bonchev–Trinajstić information content (AvgIpc) is 3.59. The number of rotatable bonds is 11. The SMILES string of the molecule is C=C1[C@@H](OC(=O)C(C)(C)[C@H](C)O)C[C@H]2C[C@@H]1[C@]21C[C@]2(C[C@H](C)C(=O)O2)O[C@H]1OCC1=C(/C=C/CCCCC)[C@@H](O)[C@@H]2O[C@@]23C[C@H](O)C(C)(C)O[C@@H]13. The van der Waals surface area contributed by atoms with Gasteiger partial charge in [-0.2, -0.15) is 0 Å². The first-order chi connectivity index (χ1) is 23.9. The zero-order chi connectivity index (χ0) is 36.9. The highest BCUT2D eigenvalue weighted by Crippen LogP contribution is 2.71. The maximum absolute atomic E-state index is 13.2. The van der Waals surface area contributed by atoms with E-state index < -0.39 is 76.7 Å². The summed E-state index contributed by atoms with van der Waals surface area (Å²) in [7, 11) is 0. The molecule has 0 unspecified atom stereocenters. The van der Waals surface area contributed by atoms with E-state index in [-0.39, 0.29) is 30.3 Å². The van der Waals surface area contributed by atoms with Gasteiger partial charge >= 0.3 is 11.9 Å². The number of fused-ring (bicyclic) bond motifs is 2. The second-order valence-corrected chi connectivity index (χ2v) is 17.7. The summed E-state index contributed by atoms with van der Waals surface area (Å²) in [6.45, 7) is 17.2. The number of hydrogen-bond donors (Lipinski definition) is 3. The Kier molecular flexibility index (Phi) is 9.29. The molecule has 4 aliphatic heterocycles. The van der Waals surface area contributed by atoms with Gasteiger partial charge in [-0.25, -0.2) is 0 Å². The summed E-state index contributed by atoms with van der Waals surface area (Å²) in [5, 5.41) is 32.9. The van der Waals surface area contributed by atoms with Crippen LogP contribution in [0.25, 0.3) is 0 Å². The Hall–Kier alpha value is -2.12. The Labute approximate surface area is 301 Å². The van der Waals surface area contributed by atoms with Gasteiger partial charge in [-0.15, -0.1) is 0 Å². The molecular weight excluding hydrogens is 656 g/mol. The van der Waals surface area contributed by atoms with Crippen LogP contribution in [-0.4, -0.2) is 93.8 Å².